The molecule has 2 aromatic carbocycles. The van der Waals surface area contributed by atoms with Crippen LogP contribution in [0.15, 0.2) is 54.6 Å². The highest BCUT2D eigenvalue weighted by Gasteiger charge is 2.45. The minimum absolute atomic E-state index is 0.283. The molecule has 1 spiro atoms. The number of aliphatic carboxylic acids is 1. The average Bonchev–Trinajstić information content (AvgIpc) is 3.49. The van der Waals surface area contributed by atoms with E-state index < -0.39 is 12.1 Å². The Hall–Kier alpha value is -3.78. The third-order valence-corrected chi connectivity index (χ3v) is 7.73. The summed E-state index contributed by atoms with van der Waals surface area (Å²) in [4.78, 5) is 18.6. The molecule has 0 bridgehead atoms. The summed E-state index contributed by atoms with van der Waals surface area (Å²) in [5.74, 6) is -0.992. The van der Waals surface area contributed by atoms with Gasteiger partial charge in [0.25, 0.3) is 0 Å². The molecule has 1 saturated carbocycles. The molecule has 1 aliphatic carbocycles. The van der Waals surface area contributed by atoms with Gasteiger partial charge in [-0.2, -0.15) is 9.61 Å². The fourth-order valence-electron chi connectivity index (χ4n) is 5.37. The number of aliphatic hydroxyl groups excluding tert-OH is 1. The maximum atomic E-state index is 13.4. The third-order valence-electron chi connectivity index (χ3n) is 7.73. The first kappa shape index (κ1) is 22.7. The van der Waals surface area contributed by atoms with Gasteiger partial charge in [0, 0.05) is 30.4 Å². The van der Waals surface area contributed by atoms with Gasteiger partial charge < -0.3 is 15.1 Å². The van der Waals surface area contributed by atoms with Gasteiger partial charge in [0.05, 0.1) is 11.3 Å². The van der Waals surface area contributed by atoms with E-state index in [0.29, 0.717) is 28.3 Å². The minimum atomic E-state index is -1.69. The van der Waals surface area contributed by atoms with Crippen molar-refractivity contribution in [3.8, 4) is 22.4 Å². The molecule has 3 heterocycles. The van der Waals surface area contributed by atoms with E-state index in [1.807, 2.05) is 30.3 Å². The van der Waals surface area contributed by atoms with Crippen molar-refractivity contribution in [1.82, 2.24) is 14.6 Å². The van der Waals surface area contributed by atoms with Crippen LogP contribution in [0.3, 0.4) is 0 Å². The first-order valence-corrected chi connectivity index (χ1v) is 12.3. The van der Waals surface area contributed by atoms with Crippen LogP contribution in [0.2, 0.25) is 0 Å². The molecule has 6 rings (SSSR count). The second kappa shape index (κ2) is 8.41. The Kier molecular flexibility index (Phi) is 5.30. The number of hydrogen-bond donors (Lipinski definition) is 2. The molecule has 36 heavy (non-hydrogen) atoms. The first-order valence-electron chi connectivity index (χ1n) is 12.3. The van der Waals surface area contributed by atoms with Crippen molar-refractivity contribution in [2.45, 2.75) is 38.7 Å². The first-order chi connectivity index (χ1) is 17.3. The molecule has 2 N–H and O–H groups in total. The lowest BCUT2D eigenvalue weighted by Crippen LogP contribution is -2.37. The SMILES string of the molecule is Cc1nc2cc(-c3cccc(-c4ccc(F)cc4)c3)nn2c(N2CCC3(CC2)CC3)c1[C@H](O)C(=O)O. The normalized spacial score (nSPS) is 17.5. The van der Waals surface area contributed by atoms with Crippen molar-refractivity contribution in [3.63, 3.8) is 0 Å². The highest BCUT2D eigenvalue weighted by Crippen LogP contribution is 2.54. The fourth-order valence-corrected chi connectivity index (χ4v) is 5.37. The molecule has 2 fully saturated rings. The van der Waals surface area contributed by atoms with Crippen molar-refractivity contribution in [3.05, 3.63) is 71.7 Å². The molecule has 8 heteroatoms. The minimum Gasteiger partial charge on any atom is -0.479 e. The number of anilines is 1. The van der Waals surface area contributed by atoms with Gasteiger partial charge in [0.1, 0.15) is 11.6 Å². The molecule has 2 aromatic heterocycles. The van der Waals surface area contributed by atoms with E-state index in [4.69, 9.17) is 5.10 Å². The van der Waals surface area contributed by atoms with Gasteiger partial charge in [0.2, 0.25) is 0 Å². The van der Waals surface area contributed by atoms with Crippen molar-refractivity contribution < 1.29 is 19.4 Å². The Balaban J connectivity index is 1.46. The summed E-state index contributed by atoms with van der Waals surface area (Å²) in [5.41, 5.74) is 5.18. The Morgan fingerprint density at radius 3 is 2.36 bits per heavy atom. The Morgan fingerprint density at radius 1 is 1.00 bits per heavy atom. The lowest BCUT2D eigenvalue weighted by atomic mass is 9.93. The van der Waals surface area contributed by atoms with E-state index in [0.717, 1.165) is 42.6 Å². The molecular formula is C28H27FN4O3. The topological polar surface area (TPSA) is 91.0 Å². The molecule has 1 atom stereocenters. The van der Waals surface area contributed by atoms with Gasteiger partial charge in [-0.25, -0.2) is 14.2 Å². The largest absolute Gasteiger partial charge is 0.479 e. The lowest BCUT2D eigenvalue weighted by molar-refractivity contribution is -0.147. The molecule has 1 saturated heterocycles. The number of aliphatic hydroxyl groups is 1. The van der Waals surface area contributed by atoms with E-state index >= 15 is 0 Å². The molecule has 4 aromatic rings. The predicted octanol–water partition coefficient (Wildman–Crippen LogP) is 5.01. The van der Waals surface area contributed by atoms with Gasteiger partial charge in [-0.1, -0.05) is 30.3 Å². The van der Waals surface area contributed by atoms with Crippen LogP contribution in [-0.2, 0) is 4.79 Å². The number of carboxylic acids is 1. The summed E-state index contributed by atoms with van der Waals surface area (Å²) in [7, 11) is 0. The van der Waals surface area contributed by atoms with Crippen LogP contribution in [-0.4, -0.2) is 43.9 Å². The van der Waals surface area contributed by atoms with E-state index in [-0.39, 0.29) is 11.4 Å². The molecule has 0 radical (unpaired) electrons. The Bertz CT molecular complexity index is 1470. The van der Waals surface area contributed by atoms with Crippen molar-refractivity contribution >= 4 is 17.4 Å². The van der Waals surface area contributed by atoms with Gasteiger partial charge in [0.15, 0.2) is 11.8 Å². The molecule has 184 valence electrons. The van der Waals surface area contributed by atoms with Gasteiger partial charge >= 0.3 is 5.97 Å². The average molecular weight is 487 g/mol. The number of halogens is 1. The summed E-state index contributed by atoms with van der Waals surface area (Å²) in [6, 6.07) is 16.1. The summed E-state index contributed by atoms with van der Waals surface area (Å²) in [6.45, 7) is 3.30. The van der Waals surface area contributed by atoms with Crippen LogP contribution in [0.5, 0.6) is 0 Å². The lowest BCUT2D eigenvalue weighted by Gasteiger charge is -2.35. The van der Waals surface area contributed by atoms with Crippen LogP contribution in [0.25, 0.3) is 28.0 Å². The van der Waals surface area contributed by atoms with E-state index in [2.05, 4.69) is 9.88 Å². The maximum Gasteiger partial charge on any atom is 0.337 e. The van der Waals surface area contributed by atoms with Crippen LogP contribution in [0, 0.1) is 18.2 Å². The van der Waals surface area contributed by atoms with Crippen molar-refractivity contribution in [2.75, 3.05) is 18.0 Å². The van der Waals surface area contributed by atoms with Crippen LogP contribution < -0.4 is 4.90 Å². The number of rotatable bonds is 5. The van der Waals surface area contributed by atoms with Crippen molar-refractivity contribution in [2.24, 2.45) is 5.41 Å². The van der Waals surface area contributed by atoms with Gasteiger partial charge in [-0.15, -0.1) is 0 Å². The second-order valence-corrected chi connectivity index (χ2v) is 10.0. The maximum absolute atomic E-state index is 13.4. The van der Waals surface area contributed by atoms with E-state index in [1.54, 1.807) is 23.6 Å². The van der Waals surface area contributed by atoms with Crippen LogP contribution in [0.4, 0.5) is 10.2 Å². The number of aromatic nitrogens is 3. The van der Waals surface area contributed by atoms with Crippen LogP contribution >= 0.6 is 0 Å². The molecule has 7 nitrogen and oxygen atoms in total. The molecule has 0 unspecified atom stereocenters. The number of carbonyl (C=O) groups is 1. The zero-order valence-electron chi connectivity index (χ0n) is 20.0. The predicted molar refractivity (Wildman–Crippen MR) is 134 cm³/mol. The number of hydrogen-bond acceptors (Lipinski definition) is 5. The summed E-state index contributed by atoms with van der Waals surface area (Å²) >= 11 is 0. The fraction of sp³-hybridized carbons (Fsp3) is 0.321. The second-order valence-electron chi connectivity index (χ2n) is 10.0. The number of benzene rings is 2. The van der Waals surface area contributed by atoms with Gasteiger partial charge in [-0.3, -0.25) is 0 Å². The monoisotopic (exact) mass is 486 g/mol. The zero-order valence-corrected chi connectivity index (χ0v) is 20.0. The summed E-state index contributed by atoms with van der Waals surface area (Å²) in [6.07, 6.45) is 2.92. The van der Waals surface area contributed by atoms with E-state index in [9.17, 15) is 19.4 Å². The number of piperidine rings is 1. The number of fused-ring (bicyclic) bond motifs is 1. The van der Waals surface area contributed by atoms with Crippen LogP contribution in [0.1, 0.15) is 43.0 Å². The Labute approximate surface area is 207 Å². The number of nitrogens with zero attached hydrogens (tertiary/aromatic N) is 4. The molecule has 0 amide bonds. The number of carboxylic acid groups (broad SMARTS) is 1. The Morgan fingerprint density at radius 2 is 1.69 bits per heavy atom. The zero-order chi connectivity index (χ0) is 25.0. The standard InChI is InChI=1S/C28H27FN4O3/c1-17-24(25(34)27(35)36)26(32-13-11-28(9-10-28)12-14-32)33-23(30-17)16-22(31-33)20-4-2-3-19(15-20)18-5-7-21(29)8-6-18/h2-8,15-16,25,34H,9-14H2,1H3,(H,35,36)/t25-/m0/s1. The highest BCUT2D eigenvalue weighted by molar-refractivity contribution is 5.79. The van der Waals surface area contributed by atoms with E-state index in [1.165, 1.54) is 25.0 Å². The van der Waals surface area contributed by atoms with Gasteiger partial charge in [-0.05, 0) is 67.3 Å². The molecule has 2 aliphatic rings. The van der Waals surface area contributed by atoms with Crippen molar-refractivity contribution in [1.29, 1.82) is 0 Å². The smallest absolute Gasteiger partial charge is 0.337 e. The summed E-state index contributed by atoms with van der Waals surface area (Å²) < 4.78 is 15.1. The molecule has 1 aliphatic heterocycles. The summed E-state index contributed by atoms with van der Waals surface area (Å²) in [5, 5.41) is 25.1. The molecular weight excluding hydrogens is 459 g/mol. The number of aryl methyl sites for hydroxylation is 1. The quantitative estimate of drug-likeness (QED) is 0.412. The highest BCUT2D eigenvalue weighted by atomic mass is 19.1. The third kappa shape index (κ3) is 3.91.